The summed E-state index contributed by atoms with van der Waals surface area (Å²) in [5, 5.41) is 5.38. The Morgan fingerprint density at radius 2 is 1.53 bits per heavy atom. The minimum atomic E-state index is -4.47. The van der Waals surface area contributed by atoms with Gasteiger partial charge in [0, 0.05) is 5.56 Å². The number of hydrogen-bond donors (Lipinski definition) is 1. The first kappa shape index (κ1) is 20.2. The molecule has 3 aromatic rings. The molecule has 4 rings (SSSR count). The Bertz CT molecular complexity index is 1250. The number of aryl methyl sites for hydroxylation is 1. The Morgan fingerprint density at radius 3 is 2.13 bits per heavy atom. The van der Waals surface area contributed by atoms with Crippen LogP contribution in [0.15, 0.2) is 59.5 Å². The standard InChI is InChI=1S/C21H16F3NO4S/c1-12-8-13(6-7-17(12)21(22,23)24)15-9-18-19(29-11-28-18)10-16(15)14-4-2-3-5-20(14)30(25,26)27/h2-10H,11H2,1H3,(H2,25,26,27). The molecule has 0 saturated carbocycles. The van der Waals surface area contributed by atoms with Gasteiger partial charge >= 0.3 is 6.18 Å². The maximum Gasteiger partial charge on any atom is 0.416 e. The van der Waals surface area contributed by atoms with E-state index in [4.69, 9.17) is 14.6 Å². The number of halogens is 3. The van der Waals surface area contributed by atoms with Crippen molar-refractivity contribution in [3.63, 3.8) is 0 Å². The van der Waals surface area contributed by atoms with E-state index in [0.29, 0.717) is 33.8 Å². The molecule has 30 heavy (non-hydrogen) atoms. The van der Waals surface area contributed by atoms with Crippen LogP contribution in [0.2, 0.25) is 0 Å². The van der Waals surface area contributed by atoms with Gasteiger partial charge in [0.05, 0.1) is 10.5 Å². The van der Waals surface area contributed by atoms with Crippen molar-refractivity contribution >= 4 is 10.0 Å². The van der Waals surface area contributed by atoms with Crippen molar-refractivity contribution < 1.29 is 31.1 Å². The first-order chi connectivity index (χ1) is 14.1. The van der Waals surface area contributed by atoms with E-state index in [1.165, 1.54) is 31.2 Å². The Labute approximate surface area is 170 Å². The van der Waals surface area contributed by atoms with Crippen molar-refractivity contribution in [1.82, 2.24) is 0 Å². The molecule has 5 nitrogen and oxygen atoms in total. The fraction of sp³-hybridized carbons (Fsp3) is 0.143. The quantitative estimate of drug-likeness (QED) is 0.646. The van der Waals surface area contributed by atoms with Crippen molar-refractivity contribution in [2.75, 3.05) is 6.79 Å². The molecular formula is C21H16F3NO4S. The van der Waals surface area contributed by atoms with Gasteiger partial charge in [-0.3, -0.25) is 0 Å². The molecule has 1 aliphatic rings. The van der Waals surface area contributed by atoms with Gasteiger partial charge in [0.1, 0.15) is 0 Å². The summed E-state index contributed by atoms with van der Waals surface area (Å²) in [6.45, 7) is 1.36. The number of alkyl halides is 3. The lowest BCUT2D eigenvalue weighted by Gasteiger charge is -2.16. The summed E-state index contributed by atoms with van der Waals surface area (Å²) in [5.41, 5.74) is 1.03. The molecule has 1 heterocycles. The summed E-state index contributed by atoms with van der Waals surface area (Å²) >= 11 is 0. The van der Waals surface area contributed by atoms with Gasteiger partial charge in [0.25, 0.3) is 0 Å². The van der Waals surface area contributed by atoms with E-state index in [1.807, 2.05) is 0 Å². The SMILES string of the molecule is Cc1cc(-c2cc3c(cc2-c2ccccc2S(N)(=O)=O)OCO3)ccc1C(F)(F)F. The zero-order valence-electron chi connectivity index (χ0n) is 15.7. The zero-order valence-corrected chi connectivity index (χ0v) is 16.5. The summed E-state index contributed by atoms with van der Waals surface area (Å²) < 4.78 is 74.6. The average molecular weight is 435 g/mol. The maximum absolute atomic E-state index is 13.2. The molecule has 0 unspecified atom stereocenters. The van der Waals surface area contributed by atoms with Crippen LogP contribution >= 0.6 is 0 Å². The third kappa shape index (κ3) is 3.61. The fourth-order valence-electron chi connectivity index (χ4n) is 3.49. The lowest BCUT2D eigenvalue weighted by atomic mass is 9.92. The van der Waals surface area contributed by atoms with Crippen molar-refractivity contribution in [3.8, 4) is 33.8 Å². The number of nitrogens with two attached hydrogens (primary N) is 1. The number of hydrogen-bond acceptors (Lipinski definition) is 4. The molecule has 0 amide bonds. The lowest BCUT2D eigenvalue weighted by Crippen LogP contribution is -2.13. The number of sulfonamides is 1. The van der Waals surface area contributed by atoms with Crippen molar-refractivity contribution in [3.05, 3.63) is 65.7 Å². The van der Waals surface area contributed by atoms with Crippen molar-refractivity contribution in [2.24, 2.45) is 5.14 Å². The van der Waals surface area contributed by atoms with Crippen LogP contribution in [-0.2, 0) is 16.2 Å². The summed E-state index contributed by atoms with van der Waals surface area (Å²) in [7, 11) is -4.05. The van der Waals surface area contributed by atoms with Gasteiger partial charge in [-0.05, 0) is 53.4 Å². The van der Waals surface area contributed by atoms with Gasteiger partial charge in [-0.1, -0.05) is 30.3 Å². The molecule has 0 aliphatic carbocycles. The number of ether oxygens (including phenoxy) is 2. The normalized spacial score (nSPS) is 13.5. The van der Waals surface area contributed by atoms with Crippen LogP contribution in [0.4, 0.5) is 13.2 Å². The van der Waals surface area contributed by atoms with Crippen LogP contribution < -0.4 is 14.6 Å². The Morgan fingerprint density at radius 1 is 0.900 bits per heavy atom. The van der Waals surface area contributed by atoms with Gasteiger partial charge in [-0.15, -0.1) is 0 Å². The minimum Gasteiger partial charge on any atom is -0.454 e. The minimum absolute atomic E-state index is 0.0128. The number of rotatable bonds is 3. The first-order valence-corrected chi connectivity index (χ1v) is 10.3. The van der Waals surface area contributed by atoms with Gasteiger partial charge < -0.3 is 9.47 Å². The highest BCUT2D eigenvalue weighted by Crippen LogP contribution is 2.45. The van der Waals surface area contributed by atoms with Gasteiger partial charge in [-0.2, -0.15) is 13.2 Å². The second-order valence-corrected chi connectivity index (χ2v) is 8.35. The molecule has 0 aromatic heterocycles. The molecule has 9 heteroatoms. The predicted molar refractivity (Wildman–Crippen MR) is 105 cm³/mol. The second-order valence-electron chi connectivity index (χ2n) is 6.82. The van der Waals surface area contributed by atoms with E-state index in [9.17, 15) is 21.6 Å². The van der Waals surface area contributed by atoms with Crippen LogP contribution in [0.25, 0.3) is 22.3 Å². The Balaban J connectivity index is 1.98. The van der Waals surface area contributed by atoms with E-state index >= 15 is 0 Å². The highest BCUT2D eigenvalue weighted by atomic mass is 32.2. The average Bonchev–Trinajstić information content (AvgIpc) is 3.12. The lowest BCUT2D eigenvalue weighted by molar-refractivity contribution is -0.138. The Kier molecular flexibility index (Phi) is 4.74. The van der Waals surface area contributed by atoms with E-state index in [2.05, 4.69) is 0 Å². The molecule has 156 valence electrons. The third-order valence-electron chi connectivity index (χ3n) is 4.84. The topological polar surface area (TPSA) is 78.6 Å². The molecule has 2 N–H and O–H groups in total. The summed E-state index contributed by atoms with van der Waals surface area (Å²) in [5.74, 6) is 0.820. The van der Waals surface area contributed by atoms with Crippen molar-refractivity contribution in [2.45, 2.75) is 18.0 Å². The molecule has 0 spiro atoms. The molecule has 3 aromatic carbocycles. The molecule has 0 fully saturated rings. The van der Waals surface area contributed by atoms with Crippen LogP contribution in [0.3, 0.4) is 0 Å². The molecule has 0 atom stereocenters. The number of primary sulfonamides is 1. The molecule has 1 aliphatic heterocycles. The van der Waals surface area contributed by atoms with Crippen molar-refractivity contribution in [1.29, 1.82) is 0 Å². The smallest absolute Gasteiger partial charge is 0.416 e. The van der Waals surface area contributed by atoms with Gasteiger partial charge in [0.15, 0.2) is 11.5 Å². The number of fused-ring (bicyclic) bond motifs is 1. The number of benzene rings is 3. The summed E-state index contributed by atoms with van der Waals surface area (Å²) in [6, 6.07) is 13.1. The largest absolute Gasteiger partial charge is 0.454 e. The fourth-order valence-corrected chi connectivity index (χ4v) is 4.24. The zero-order chi connectivity index (χ0) is 21.7. The van der Waals surface area contributed by atoms with E-state index in [0.717, 1.165) is 6.07 Å². The van der Waals surface area contributed by atoms with Crippen LogP contribution in [0, 0.1) is 6.92 Å². The first-order valence-electron chi connectivity index (χ1n) is 8.80. The van der Waals surface area contributed by atoms with Crippen LogP contribution in [-0.4, -0.2) is 15.2 Å². The van der Waals surface area contributed by atoms with E-state index in [1.54, 1.807) is 24.3 Å². The van der Waals surface area contributed by atoms with E-state index in [-0.39, 0.29) is 17.3 Å². The highest BCUT2D eigenvalue weighted by Gasteiger charge is 2.32. The molecule has 0 saturated heterocycles. The monoisotopic (exact) mass is 435 g/mol. The highest BCUT2D eigenvalue weighted by molar-refractivity contribution is 7.89. The summed E-state index contributed by atoms with van der Waals surface area (Å²) in [6.07, 6.45) is -4.47. The predicted octanol–water partition coefficient (Wildman–Crippen LogP) is 4.72. The van der Waals surface area contributed by atoms with Gasteiger partial charge in [0.2, 0.25) is 16.8 Å². The van der Waals surface area contributed by atoms with Gasteiger partial charge in [-0.25, -0.2) is 13.6 Å². The third-order valence-corrected chi connectivity index (χ3v) is 5.81. The van der Waals surface area contributed by atoms with Crippen LogP contribution in [0.5, 0.6) is 11.5 Å². The maximum atomic E-state index is 13.2. The second kappa shape index (κ2) is 7.03. The van der Waals surface area contributed by atoms with Crippen LogP contribution in [0.1, 0.15) is 11.1 Å². The van der Waals surface area contributed by atoms with E-state index < -0.39 is 21.8 Å². The summed E-state index contributed by atoms with van der Waals surface area (Å²) in [4.78, 5) is -0.103. The molecule has 0 bridgehead atoms. The molecule has 0 radical (unpaired) electrons. The molecular weight excluding hydrogens is 419 g/mol. The Hall–Kier alpha value is -3.04.